The van der Waals surface area contributed by atoms with E-state index in [0.29, 0.717) is 11.6 Å². The highest BCUT2D eigenvalue weighted by atomic mass is 32.1. The largest absolute Gasteiger partial charge is 0.362 e. The van der Waals surface area contributed by atoms with Crippen LogP contribution in [0, 0.1) is 5.92 Å². The van der Waals surface area contributed by atoms with Gasteiger partial charge in [0.05, 0.1) is 0 Å². The average molecular weight is 320 g/mol. The first kappa shape index (κ1) is 15.0. The molecule has 7 nitrogen and oxygen atoms in total. The maximum Gasteiger partial charge on any atom is 0.273 e. The van der Waals surface area contributed by atoms with Crippen molar-refractivity contribution in [3.8, 4) is 0 Å². The standard InChI is InChI=1S/C14H20N6OS/c1-2-16-14-18-12(8-22-14)13(21)19-5-3-11(4-6-19)7-20-10-15-9-17-20/h8-11H,2-7H2,1H3,(H,16,18). The van der Waals surface area contributed by atoms with Crippen molar-refractivity contribution in [3.05, 3.63) is 23.7 Å². The lowest BCUT2D eigenvalue weighted by Gasteiger charge is -2.31. The van der Waals surface area contributed by atoms with Crippen LogP contribution in [0.1, 0.15) is 30.3 Å². The number of hydrogen-bond donors (Lipinski definition) is 1. The second-order valence-electron chi connectivity index (χ2n) is 5.42. The highest BCUT2D eigenvalue weighted by Crippen LogP contribution is 2.22. The molecule has 0 radical (unpaired) electrons. The summed E-state index contributed by atoms with van der Waals surface area (Å²) in [4.78, 5) is 22.7. The molecule has 0 unspecified atom stereocenters. The molecule has 8 heteroatoms. The number of carbonyl (C=O) groups excluding carboxylic acids is 1. The molecule has 0 bridgehead atoms. The number of nitrogens with zero attached hydrogens (tertiary/aromatic N) is 5. The van der Waals surface area contributed by atoms with Crippen molar-refractivity contribution in [3.63, 3.8) is 0 Å². The van der Waals surface area contributed by atoms with Gasteiger partial charge in [-0.1, -0.05) is 0 Å². The quantitative estimate of drug-likeness (QED) is 0.908. The van der Waals surface area contributed by atoms with E-state index in [1.54, 1.807) is 12.7 Å². The van der Waals surface area contributed by atoms with Crippen LogP contribution in [0.5, 0.6) is 0 Å². The monoisotopic (exact) mass is 320 g/mol. The van der Waals surface area contributed by atoms with Crippen molar-refractivity contribution >= 4 is 22.4 Å². The molecule has 1 N–H and O–H groups in total. The van der Waals surface area contributed by atoms with Gasteiger partial charge in [-0.05, 0) is 25.7 Å². The van der Waals surface area contributed by atoms with Gasteiger partial charge in [0.2, 0.25) is 0 Å². The molecule has 1 saturated heterocycles. The zero-order valence-electron chi connectivity index (χ0n) is 12.6. The number of amides is 1. The predicted molar refractivity (Wildman–Crippen MR) is 84.9 cm³/mol. The third-order valence-corrected chi connectivity index (χ3v) is 4.66. The average Bonchev–Trinajstić information content (AvgIpc) is 3.20. The van der Waals surface area contributed by atoms with Gasteiger partial charge in [-0.2, -0.15) is 5.10 Å². The summed E-state index contributed by atoms with van der Waals surface area (Å²) in [5.41, 5.74) is 0.552. The van der Waals surface area contributed by atoms with Gasteiger partial charge >= 0.3 is 0 Å². The molecule has 3 rings (SSSR count). The number of anilines is 1. The third-order valence-electron chi connectivity index (χ3n) is 3.86. The maximum absolute atomic E-state index is 12.5. The van der Waals surface area contributed by atoms with Crippen molar-refractivity contribution in [2.75, 3.05) is 25.0 Å². The fourth-order valence-electron chi connectivity index (χ4n) is 2.68. The summed E-state index contributed by atoms with van der Waals surface area (Å²) in [6.45, 7) is 5.28. The van der Waals surface area contributed by atoms with E-state index < -0.39 is 0 Å². The first-order valence-corrected chi connectivity index (χ1v) is 8.45. The molecule has 0 aliphatic carbocycles. The summed E-state index contributed by atoms with van der Waals surface area (Å²) >= 11 is 1.48. The van der Waals surface area contributed by atoms with E-state index in [4.69, 9.17) is 0 Å². The van der Waals surface area contributed by atoms with Crippen LogP contribution in [0.15, 0.2) is 18.0 Å². The van der Waals surface area contributed by atoms with Crippen LogP contribution in [0.4, 0.5) is 5.13 Å². The second kappa shape index (κ2) is 6.87. The Labute approximate surface area is 133 Å². The van der Waals surface area contributed by atoms with Crippen molar-refractivity contribution < 1.29 is 4.79 Å². The summed E-state index contributed by atoms with van der Waals surface area (Å²) in [5, 5.41) is 9.93. The number of carbonyl (C=O) groups is 1. The minimum atomic E-state index is 0.0413. The molecule has 2 aromatic rings. The number of likely N-dealkylation sites (tertiary alicyclic amines) is 1. The van der Waals surface area contributed by atoms with Crippen molar-refractivity contribution in [2.45, 2.75) is 26.3 Å². The van der Waals surface area contributed by atoms with Crippen LogP contribution < -0.4 is 5.32 Å². The van der Waals surface area contributed by atoms with Gasteiger partial charge < -0.3 is 10.2 Å². The summed E-state index contributed by atoms with van der Waals surface area (Å²) in [5.74, 6) is 0.595. The van der Waals surface area contributed by atoms with E-state index in [1.807, 2.05) is 21.9 Å². The van der Waals surface area contributed by atoms with Crippen molar-refractivity contribution in [2.24, 2.45) is 5.92 Å². The Morgan fingerprint density at radius 2 is 2.27 bits per heavy atom. The first-order chi connectivity index (χ1) is 10.8. The first-order valence-electron chi connectivity index (χ1n) is 7.57. The molecule has 118 valence electrons. The molecule has 3 heterocycles. The van der Waals surface area contributed by atoms with Crippen LogP contribution in [-0.2, 0) is 6.54 Å². The Morgan fingerprint density at radius 1 is 1.45 bits per heavy atom. The normalized spacial score (nSPS) is 16.0. The molecular weight excluding hydrogens is 300 g/mol. The Kier molecular flexibility index (Phi) is 4.67. The minimum Gasteiger partial charge on any atom is -0.362 e. The smallest absolute Gasteiger partial charge is 0.273 e. The van der Waals surface area contributed by atoms with Crippen LogP contribution >= 0.6 is 11.3 Å². The van der Waals surface area contributed by atoms with Crippen LogP contribution in [0.2, 0.25) is 0 Å². The van der Waals surface area contributed by atoms with Gasteiger partial charge in [0.25, 0.3) is 5.91 Å². The van der Waals surface area contributed by atoms with Gasteiger partial charge in [0, 0.05) is 31.6 Å². The third kappa shape index (κ3) is 3.44. The van der Waals surface area contributed by atoms with E-state index in [0.717, 1.165) is 44.2 Å². The second-order valence-corrected chi connectivity index (χ2v) is 6.28. The Balaban J connectivity index is 1.52. The van der Waals surface area contributed by atoms with E-state index in [2.05, 4.69) is 20.4 Å². The van der Waals surface area contributed by atoms with Gasteiger partial charge in [-0.3, -0.25) is 9.48 Å². The number of rotatable bonds is 5. The lowest BCUT2D eigenvalue weighted by molar-refractivity contribution is 0.0676. The zero-order chi connectivity index (χ0) is 15.4. The summed E-state index contributed by atoms with van der Waals surface area (Å²) < 4.78 is 1.87. The van der Waals surface area contributed by atoms with Gasteiger partial charge in [0.15, 0.2) is 5.13 Å². The van der Waals surface area contributed by atoms with E-state index >= 15 is 0 Å². The van der Waals surface area contributed by atoms with E-state index in [-0.39, 0.29) is 5.91 Å². The molecule has 1 fully saturated rings. The fraction of sp³-hybridized carbons (Fsp3) is 0.571. The molecule has 22 heavy (non-hydrogen) atoms. The van der Waals surface area contributed by atoms with Crippen molar-refractivity contribution in [1.82, 2.24) is 24.6 Å². The molecular formula is C14H20N6OS. The molecule has 0 spiro atoms. The van der Waals surface area contributed by atoms with E-state index in [1.165, 1.54) is 11.3 Å². The summed E-state index contributed by atoms with van der Waals surface area (Å²) in [6.07, 6.45) is 5.30. The van der Waals surface area contributed by atoms with Crippen molar-refractivity contribution in [1.29, 1.82) is 0 Å². The Bertz CT molecular complexity index is 603. The summed E-state index contributed by atoms with van der Waals surface area (Å²) in [7, 11) is 0. The lowest BCUT2D eigenvalue weighted by Crippen LogP contribution is -2.39. The number of aromatic nitrogens is 4. The molecule has 0 saturated carbocycles. The number of hydrogen-bond acceptors (Lipinski definition) is 6. The number of thiazole rings is 1. The van der Waals surface area contributed by atoms with Crippen LogP contribution in [0.3, 0.4) is 0 Å². The molecule has 0 atom stereocenters. The zero-order valence-corrected chi connectivity index (χ0v) is 13.4. The molecule has 1 aliphatic rings. The van der Waals surface area contributed by atoms with E-state index in [9.17, 15) is 4.79 Å². The number of piperidine rings is 1. The van der Waals surface area contributed by atoms with Crippen LogP contribution in [-0.4, -0.2) is 50.2 Å². The van der Waals surface area contributed by atoms with Gasteiger partial charge in [-0.25, -0.2) is 9.97 Å². The molecule has 1 aliphatic heterocycles. The lowest BCUT2D eigenvalue weighted by atomic mass is 9.97. The number of nitrogens with one attached hydrogen (secondary N) is 1. The topological polar surface area (TPSA) is 75.9 Å². The Morgan fingerprint density at radius 3 is 2.95 bits per heavy atom. The Hall–Kier alpha value is -1.96. The fourth-order valence-corrected chi connectivity index (χ4v) is 3.43. The highest BCUT2D eigenvalue weighted by Gasteiger charge is 2.25. The molecule has 2 aromatic heterocycles. The minimum absolute atomic E-state index is 0.0413. The van der Waals surface area contributed by atoms with Crippen LogP contribution in [0.25, 0.3) is 0 Å². The molecule has 0 aromatic carbocycles. The molecule has 1 amide bonds. The maximum atomic E-state index is 12.5. The summed E-state index contributed by atoms with van der Waals surface area (Å²) in [6, 6.07) is 0. The van der Waals surface area contributed by atoms with Gasteiger partial charge in [-0.15, -0.1) is 11.3 Å². The highest BCUT2D eigenvalue weighted by molar-refractivity contribution is 7.13. The van der Waals surface area contributed by atoms with Gasteiger partial charge in [0.1, 0.15) is 18.3 Å². The SMILES string of the molecule is CCNc1nc(C(=O)N2CCC(Cn3cncn3)CC2)cs1. The predicted octanol–water partition coefficient (Wildman–Crippen LogP) is 1.72.